The zero-order chi connectivity index (χ0) is 17.2. The van der Waals surface area contributed by atoms with Crippen LogP contribution in [0.5, 0.6) is 0 Å². The second-order valence-electron chi connectivity index (χ2n) is 5.13. The Morgan fingerprint density at radius 3 is 2.35 bits per heavy atom. The number of nitrogens with one attached hydrogen (secondary N) is 1. The highest BCUT2D eigenvalue weighted by molar-refractivity contribution is 7.90. The van der Waals surface area contributed by atoms with Crippen molar-refractivity contribution in [2.75, 3.05) is 6.26 Å². The minimum Gasteiger partial charge on any atom is -0.345 e. The predicted octanol–water partition coefficient (Wildman–Crippen LogP) is 3.89. The van der Waals surface area contributed by atoms with Gasteiger partial charge in [0.2, 0.25) is 0 Å². The van der Waals surface area contributed by atoms with Gasteiger partial charge in [-0.25, -0.2) is 8.42 Å². The lowest BCUT2D eigenvalue weighted by atomic mass is 10.1. The molecule has 4 nitrogen and oxygen atoms in total. The van der Waals surface area contributed by atoms with Gasteiger partial charge in [0.05, 0.1) is 21.5 Å². The molecule has 0 saturated heterocycles. The molecule has 0 heterocycles. The van der Waals surface area contributed by atoms with Crippen LogP contribution in [0.3, 0.4) is 0 Å². The lowest BCUT2D eigenvalue weighted by Gasteiger charge is -2.16. The molecule has 0 aliphatic carbocycles. The van der Waals surface area contributed by atoms with Crippen LogP contribution in [0.15, 0.2) is 47.4 Å². The average Bonchev–Trinajstić information content (AvgIpc) is 2.46. The fourth-order valence-electron chi connectivity index (χ4n) is 2.09. The first-order valence-corrected chi connectivity index (χ1v) is 9.40. The first kappa shape index (κ1) is 17.8. The summed E-state index contributed by atoms with van der Waals surface area (Å²) in [5.41, 5.74) is 0.867. The molecule has 1 N–H and O–H groups in total. The Hall–Kier alpha value is -1.56. The molecule has 2 aromatic carbocycles. The van der Waals surface area contributed by atoms with E-state index in [1.165, 1.54) is 18.2 Å². The predicted molar refractivity (Wildman–Crippen MR) is 91.9 cm³/mol. The highest BCUT2D eigenvalue weighted by atomic mass is 35.5. The fourth-order valence-corrected chi connectivity index (χ4v) is 3.24. The van der Waals surface area contributed by atoms with Gasteiger partial charge in [-0.2, -0.15) is 0 Å². The van der Waals surface area contributed by atoms with E-state index in [0.717, 1.165) is 11.8 Å². The number of halogens is 2. The molecule has 0 aliphatic rings. The summed E-state index contributed by atoms with van der Waals surface area (Å²) in [6.45, 7) is 1.79. The molecule has 7 heteroatoms. The number of hydrogen-bond donors (Lipinski definition) is 1. The van der Waals surface area contributed by atoms with Crippen LogP contribution >= 0.6 is 23.2 Å². The summed E-state index contributed by atoms with van der Waals surface area (Å²) >= 11 is 12.1. The van der Waals surface area contributed by atoms with Gasteiger partial charge in [-0.05, 0) is 36.8 Å². The molecule has 122 valence electrons. The van der Waals surface area contributed by atoms with Crippen LogP contribution in [0.4, 0.5) is 0 Å². The van der Waals surface area contributed by atoms with E-state index < -0.39 is 15.7 Å². The topological polar surface area (TPSA) is 63.2 Å². The van der Waals surface area contributed by atoms with Crippen molar-refractivity contribution in [2.45, 2.75) is 17.9 Å². The Bertz CT molecular complexity index is 850. The van der Waals surface area contributed by atoms with Crippen LogP contribution in [-0.4, -0.2) is 20.6 Å². The fraction of sp³-hybridized carbons (Fsp3) is 0.188. The largest absolute Gasteiger partial charge is 0.345 e. The van der Waals surface area contributed by atoms with Crippen molar-refractivity contribution >= 4 is 38.9 Å². The molecule has 2 aromatic rings. The Kier molecular flexibility index (Phi) is 5.34. The van der Waals surface area contributed by atoms with Gasteiger partial charge in [-0.1, -0.05) is 41.4 Å². The zero-order valence-corrected chi connectivity index (χ0v) is 14.8. The van der Waals surface area contributed by atoms with Crippen molar-refractivity contribution in [3.63, 3.8) is 0 Å². The molecule has 0 fully saturated rings. The number of carbonyl (C=O) groups excluding carboxylic acids is 1. The summed E-state index contributed by atoms with van der Waals surface area (Å²) in [5, 5.41) is 3.49. The second-order valence-corrected chi connectivity index (χ2v) is 7.96. The van der Waals surface area contributed by atoms with Crippen LogP contribution < -0.4 is 5.32 Å². The van der Waals surface area contributed by atoms with E-state index in [2.05, 4.69) is 5.32 Å². The smallest absolute Gasteiger partial charge is 0.253 e. The first-order valence-electron chi connectivity index (χ1n) is 6.75. The number of amides is 1. The molecule has 0 bridgehead atoms. The Balaban J connectivity index is 2.29. The van der Waals surface area contributed by atoms with Gasteiger partial charge < -0.3 is 5.32 Å². The Labute approximate surface area is 145 Å². The summed E-state index contributed by atoms with van der Waals surface area (Å²) in [6, 6.07) is 10.8. The molecule has 2 rings (SSSR count). The third-order valence-corrected chi connectivity index (χ3v) is 5.11. The maximum absolute atomic E-state index is 12.4. The van der Waals surface area contributed by atoms with Crippen LogP contribution in [0.1, 0.15) is 28.9 Å². The molecular weight excluding hydrogens is 357 g/mol. The zero-order valence-electron chi connectivity index (χ0n) is 12.5. The van der Waals surface area contributed by atoms with Crippen molar-refractivity contribution in [2.24, 2.45) is 0 Å². The lowest BCUT2D eigenvalue weighted by molar-refractivity contribution is 0.0940. The highest BCUT2D eigenvalue weighted by Gasteiger charge is 2.18. The summed E-state index contributed by atoms with van der Waals surface area (Å²) in [5.74, 6) is -0.465. The summed E-state index contributed by atoms with van der Waals surface area (Å²) in [4.78, 5) is 12.4. The molecule has 23 heavy (non-hydrogen) atoms. The SMILES string of the molecule is CC(NC(=O)c1cc(S(C)(=O)=O)ccc1Cl)c1ccccc1Cl. The number of sulfone groups is 1. The monoisotopic (exact) mass is 371 g/mol. The minimum absolute atomic E-state index is 0.0393. The van der Waals surface area contributed by atoms with Gasteiger partial charge in [0.1, 0.15) is 0 Å². The third-order valence-electron chi connectivity index (χ3n) is 3.33. The summed E-state index contributed by atoms with van der Waals surface area (Å²) in [6.07, 6.45) is 1.07. The number of rotatable bonds is 4. The normalized spacial score (nSPS) is 12.7. The second kappa shape index (κ2) is 6.91. The lowest BCUT2D eigenvalue weighted by Crippen LogP contribution is -2.27. The standard InChI is InChI=1S/C16H15Cl2NO3S/c1-10(12-5-3-4-6-14(12)17)19-16(20)13-9-11(23(2,21)22)7-8-15(13)18/h3-10H,1-2H3,(H,19,20). The van der Waals surface area contributed by atoms with E-state index in [-0.39, 0.29) is 21.5 Å². The van der Waals surface area contributed by atoms with Gasteiger partial charge in [-0.3, -0.25) is 4.79 Å². The van der Waals surface area contributed by atoms with E-state index in [9.17, 15) is 13.2 Å². The molecule has 1 amide bonds. The number of benzene rings is 2. The molecule has 0 saturated carbocycles. The van der Waals surface area contributed by atoms with Crippen molar-refractivity contribution in [3.8, 4) is 0 Å². The van der Waals surface area contributed by atoms with Crippen molar-refractivity contribution in [1.82, 2.24) is 5.32 Å². The molecular formula is C16H15Cl2NO3S. The third kappa shape index (κ3) is 4.25. The number of hydrogen-bond acceptors (Lipinski definition) is 3. The van der Waals surface area contributed by atoms with Crippen LogP contribution in [-0.2, 0) is 9.84 Å². The molecule has 0 radical (unpaired) electrons. The maximum atomic E-state index is 12.4. The van der Waals surface area contributed by atoms with E-state index >= 15 is 0 Å². The Morgan fingerprint density at radius 2 is 1.74 bits per heavy atom. The van der Waals surface area contributed by atoms with Gasteiger partial charge >= 0.3 is 0 Å². The van der Waals surface area contributed by atoms with Crippen LogP contribution in [0.25, 0.3) is 0 Å². The van der Waals surface area contributed by atoms with E-state index in [4.69, 9.17) is 23.2 Å². The van der Waals surface area contributed by atoms with Gasteiger partial charge in [0.15, 0.2) is 9.84 Å². The van der Waals surface area contributed by atoms with Gasteiger partial charge in [-0.15, -0.1) is 0 Å². The summed E-state index contributed by atoms with van der Waals surface area (Å²) < 4.78 is 23.2. The van der Waals surface area contributed by atoms with Crippen molar-refractivity contribution < 1.29 is 13.2 Å². The summed E-state index contributed by atoms with van der Waals surface area (Å²) in [7, 11) is -3.42. The van der Waals surface area contributed by atoms with E-state index in [0.29, 0.717) is 5.02 Å². The molecule has 0 aromatic heterocycles. The van der Waals surface area contributed by atoms with Gasteiger partial charge in [0.25, 0.3) is 5.91 Å². The van der Waals surface area contributed by atoms with Crippen molar-refractivity contribution in [3.05, 3.63) is 63.6 Å². The van der Waals surface area contributed by atoms with Crippen LogP contribution in [0, 0.1) is 0 Å². The quantitative estimate of drug-likeness (QED) is 0.886. The molecule has 1 atom stereocenters. The van der Waals surface area contributed by atoms with E-state index in [1.54, 1.807) is 19.1 Å². The van der Waals surface area contributed by atoms with Crippen molar-refractivity contribution in [1.29, 1.82) is 0 Å². The average molecular weight is 372 g/mol. The van der Waals surface area contributed by atoms with Gasteiger partial charge in [0, 0.05) is 11.3 Å². The maximum Gasteiger partial charge on any atom is 0.253 e. The molecule has 1 unspecified atom stereocenters. The minimum atomic E-state index is -3.42. The first-order chi connectivity index (χ1) is 10.7. The van der Waals surface area contributed by atoms with Crippen LogP contribution in [0.2, 0.25) is 10.0 Å². The van der Waals surface area contributed by atoms with E-state index in [1.807, 2.05) is 12.1 Å². The Morgan fingerprint density at radius 1 is 1.09 bits per heavy atom. The number of carbonyl (C=O) groups is 1. The molecule has 0 spiro atoms. The molecule has 0 aliphatic heterocycles. The highest BCUT2D eigenvalue weighted by Crippen LogP contribution is 2.24.